The van der Waals surface area contributed by atoms with Crippen LogP contribution in [0.3, 0.4) is 0 Å². The first-order chi connectivity index (χ1) is 16.4. The van der Waals surface area contributed by atoms with Crippen LogP contribution in [0, 0.1) is 5.82 Å². The Morgan fingerprint density at radius 2 is 1.94 bits per heavy atom. The average Bonchev–Trinajstić information content (AvgIpc) is 3.54. The van der Waals surface area contributed by atoms with Gasteiger partial charge in [-0.2, -0.15) is 5.10 Å². The highest BCUT2D eigenvalue weighted by molar-refractivity contribution is 5.93. The number of aromatic carboxylic acids is 1. The lowest BCUT2D eigenvalue weighted by molar-refractivity contribution is 0.0694. The van der Waals surface area contributed by atoms with Crippen molar-refractivity contribution >= 4 is 28.7 Å². The third-order valence-corrected chi connectivity index (χ3v) is 6.26. The summed E-state index contributed by atoms with van der Waals surface area (Å²) in [5, 5.41) is 13.5. The van der Waals surface area contributed by atoms with Crippen LogP contribution < -0.4 is 10.3 Å². The Bertz CT molecular complexity index is 1290. The predicted molar refractivity (Wildman–Crippen MR) is 121 cm³/mol. The number of nitrogens with zero attached hydrogens (tertiary/aromatic N) is 5. The van der Waals surface area contributed by atoms with Crippen molar-refractivity contribution in [1.82, 2.24) is 19.2 Å². The minimum absolute atomic E-state index is 0.0624. The number of fused-ring (bicyclic) bond motifs is 1. The molecule has 2 aliphatic rings. The van der Waals surface area contributed by atoms with Gasteiger partial charge in [-0.3, -0.25) is 9.48 Å². The molecular weight excluding hydrogens is 445 g/mol. The number of carboxylic acid groups (broad SMARTS) is 1. The van der Waals surface area contributed by atoms with Crippen molar-refractivity contribution < 1.29 is 23.8 Å². The number of hydrogen-bond acceptors (Lipinski definition) is 6. The number of benzene rings is 1. The second-order valence-electron chi connectivity index (χ2n) is 8.49. The summed E-state index contributed by atoms with van der Waals surface area (Å²) in [4.78, 5) is 39.9. The van der Waals surface area contributed by atoms with Crippen molar-refractivity contribution in [3.05, 3.63) is 58.4 Å². The van der Waals surface area contributed by atoms with Crippen molar-refractivity contribution in [3.8, 4) is 0 Å². The number of anilines is 1. The first-order valence-electron chi connectivity index (χ1n) is 11.2. The molecule has 3 heterocycles. The van der Waals surface area contributed by atoms with E-state index in [1.54, 1.807) is 38.7 Å². The number of aromatic nitrogens is 3. The summed E-state index contributed by atoms with van der Waals surface area (Å²) in [6, 6.07) is 4.65. The van der Waals surface area contributed by atoms with Gasteiger partial charge in [-0.25, -0.2) is 14.0 Å². The zero-order chi connectivity index (χ0) is 23.8. The summed E-state index contributed by atoms with van der Waals surface area (Å²) in [5.41, 5.74) is -0.191. The molecule has 0 bridgehead atoms. The fourth-order valence-corrected chi connectivity index (χ4v) is 4.29. The van der Waals surface area contributed by atoms with Crippen LogP contribution in [0.15, 0.2) is 41.6 Å². The Hall–Kier alpha value is -3.89. The third kappa shape index (κ3) is 4.20. The largest absolute Gasteiger partial charge is 0.477 e. The van der Waals surface area contributed by atoms with Gasteiger partial charge < -0.3 is 24.2 Å². The first kappa shape index (κ1) is 21.9. The molecule has 0 spiro atoms. The molecule has 1 saturated heterocycles. The monoisotopic (exact) mass is 469 g/mol. The summed E-state index contributed by atoms with van der Waals surface area (Å²) < 4.78 is 23.8. The molecule has 1 aliphatic heterocycles. The van der Waals surface area contributed by atoms with Crippen LogP contribution >= 0.6 is 0 Å². The molecule has 1 N–H and O–H groups in total. The minimum atomic E-state index is -1.32. The number of pyridine rings is 1. The van der Waals surface area contributed by atoms with Crippen molar-refractivity contribution in [2.75, 3.05) is 37.7 Å². The highest BCUT2D eigenvalue weighted by atomic mass is 19.1. The van der Waals surface area contributed by atoms with Gasteiger partial charge >= 0.3 is 12.1 Å². The molecular formula is C23H24FN5O5. The zero-order valence-electron chi connectivity index (χ0n) is 18.4. The normalized spacial score (nSPS) is 16.1. The molecule has 0 atom stereocenters. The maximum absolute atomic E-state index is 15.1. The van der Waals surface area contributed by atoms with Crippen LogP contribution in [0.25, 0.3) is 10.9 Å². The van der Waals surface area contributed by atoms with Gasteiger partial charge in [0.15, 0.2) is 0 Å². The summed E-state index contributed by atoms with van der Waals surface area (Å²) in [6.45, 7) is 2.20. The quantitative estimate of drug-likeness (QED) is 0.590. The molecule has 1 amide bonds. The highest BCUT2D eigenvalue weighted by Crippen LogP contribution is 2.38. The van der Waals surface area contributed by atoms with E-state index in [-0.39, 0.29) is 23.6 Å². The van der Waals surface area contributed by atoms with Crippen LogP contribution in [0.2, 0.25) is 0 Å². The van der Waals surface area contributed by atoms with Crippen LogP contribution in [-0.2, 0) is 11.3 Å². The fraction of sp³-hybridized carbons (Fsp3) is 0.391. The van der Waals surface area contributed by atoms with Gasteiger partial charge in [0.2, 0.25) is 5.43 Å². The van der Waals surface area contributed by atoms with E-state index in [1.165, 1.54) is 6.20 Å². The second-order valence-corrected chi connectivity index (χ2v) is 8.49. The van der Waals surface area contributed by atoms with Crippen LogP contribution in [-0.4, -0.2) is 69.2 Å². The van der Waals surface area contributed by atoms with Crippen LogP contribution in [0.1, 0.15) is 29.2 Å². The van der Waals surface area contributed by atoms with Gasteiger partial charge in [0, 0.05) is 56.2 Å². The molecule has 10 nitrogen and oxygen atoms in total. The van der Waals surface area contributed by atoms with Gasteiger partial charge in [0.1, 0.15) is 18.0 Å². The Labute approximate surface area is 193 Å². The SMILES string of the molecule is O=C(O)c1cn(C2CC2)c2cc(N3CCN(C(=O)OCCn4cccn4)CC3)c(F)cc2c1=O. The number of ether oxygens (including phenoxy) is 1. The maximum Gasteiger partial charge on any atom is 0.409 e. The van der Waals surface area contributed by atoms with Gasteiger partial charge in [-0.05, 0) is 31.0 Å². The molecule has 3 aromatic rings. The van der Waals surface area contributed by atoms with E-state index in [1.807, 2.05) is 4.90 Å². The van der Waals surface area contributed by atoms with E-state index in [4.69, 9.17) is 4.74 Å². The molecule has 1 aromatic carbocycles. The number of hydrogen-bond donors (Lipinski definition) is 1. The van der Waals surface area contributed by atoms with Crippen molar-refractivity contribution in [3.63, 3.8) is 0 Å². The van der Waals surface area contributed by atoms with E-state index in [0.29, 0.717) is 43.9 Å². The number of amides is 1. The van der Waals surface area contributed by atoms with Gasteiger partial charge in [-0.15, -0.1) is 0 Å². The molecule has 0 unspecified atom stereocenters. The summed E-state index contributed by atoms with van der Waals surface area (Å²) in [6.07, 6.45) is 6.15. The van der Waals surface area contributed by atoms with Crippen molar-refractivity contribution in [2.24, 2.45) is 0 Å². The molecule has 1 saturated carbocycles. The van der Waals surface area contributed by atoms with Gasteiger partial charge in [0.05, 0.1) is 17.7 Å². The van der Waals surface area contributed by atoms with Crippen molar-refractivity contribution in [2.45, 2.75) is 25.4 Å². The number of rotatable bonds is 6. The smallest absolute Gasteiger partial charge is 0.409 e. The van der Waals surface area contributed by atoms with Gasteiger partial charge in [-0.1, -0.05) is 0 Å². The topological polar surface area (TPSA) is 110 Å². The molecule has 178 valence electrons. The summed E-state index contributed by atoms with van der Waals surface area (Å²) in [7, 11) is 0. The Morgan fingerprint density at radius 3 is 2.59 bits per heavy atom. The summed E-state index contributed by atoms with van der Waals surface area (Å²) in [5.74, 6) is -1.91. The highest BCUT2D eigenvalue weighted by Gasteiger charge is 2.29. The number of piperazine rings is 1. The van der Waals surface area contributed by atoms with E-state index in [2.05, 4.69) is 5.10 Å². The molecule has 2 fully saturated rings. The standard InChI is InChI=1S/C23H24FN5O5/c24-18-12-16-19(29(15-2-3-15)14-17(21(16)30)22(31)32)13-20(18)26-6-8-27(9-7-26)23(33)34-11-10-28-5-1-4-25-28/h1,4-5,12-15H,2-3,6-11H2,(H,31,32). The lowest BCUT2D eigenvalue weighted by atomic mass is 10.1. The number of halogens is 1. The average molecular weight is 469 g/mol. The lowest BCUT2D eigenvalue weighted by Gasteiger charge is -2.35. The van der Waals surface area contributed by atoms with Gasteiger partial charge in [0.25, 0.3) is 0 Å². The van der Waals surface area contributed by atoms with E-state index in [9.17, 15) is 19.5 Å². The molecule has 5 rings (SSSR count). The first-order valence-corrected chi connectivity index (χ1v) is 11.2. The minimum Gasteiger partial charge on any atom is -0.477 e. The van der Waals surface area contributed by atoms with E-state index < -0.39 is 23.3 Å². The molecule has 11 heteroatoms. The zero-order valence-corrected chi connectivity index (χ0v) is 18.4. The Balaban J connectivity index is 1.31. The number of carbonyl (C=O) groups excluding carboxylic acids is 1. The molecule has 2 aromatic heterocycles. The number of carboxylic acids is 1. The van der Waals surface area contributed by atoms with Crippen LogP contribution in [0.5, 0.6) is 0 Å². The lowest BCUT2D eigenvalue weighted by Crippen LogP contribution is -2.49. The number of carbonyl (C=O) groups is 2. The Morgan fingerprint density at radius 1 is 1.18 bits per heavy atom. The second kappa shape index (κ2) is 8.81. The van der Waals surface area contributed by atoms with Crippen molar-refractivity contribution in [1.29, 1.82) is 0 Å². The fourth-order valence-electron chi connectivity index (χ4n) is 4.29. The molecule has 0 radical (unpaired) electrons. The molecule has 34 heavy (non-hydrogen) atoms. The maximum atomic E-state index is 15.1. The Kier molecular flexibility index (Phi) is 5.68. The van der Waals surface area contributed by atoms with E-state index >= 15 is 4.39 Å². The summed E-state index contributed by atoms with van der Waals surface area (Å²) >= 11 is 0. The molecule has 1 aliphatic carbocycles. The predicted octanol–water partition coefficient (Wildman–Crippen LogP) is 2.33. The van der Waals surface area contributed by atoms with Crippen LogP contribution in [0.4, 0.5) is 14.9 Å². The third-order valence-electron chi connectivity index (χ3n) is 6.26. The van der Waals surface area contributed by atoms with E-state index in [0.717, 1.165) is 18.9 Å².